The largest absolute Gasteiger partial charge is 0.496 e. The van der Waals surface area contributed by atoms with Crippen molar-refractivity contribution in [2.75, 3.05) is 7.11 Å². The number of rotatable bonds is 4. The van der Waals surface area contributed by atoms with E-state index in [9.17, 15) is 15.0 Å². The van der Waals surface area contributed by atoms with Gasteiger partial charge in [0.15, 0.2) is 5.84 Å². The third-order valence-electron chi connectivity index (χ3n) is 4.96. The highest BCUT2D eigenvalue weighted by Gasteiger charge is 2.28. The van der Waals surface area contributed by atoms with E-state index in [-0.39, 0.29) is 19.0 Å². The molecule has 0 unspecified atom stereocenters. The number of amidine groups is 1. The maximum atomic E-state index is 11.3. The molecule has 0 bridgehead atoms. The van der Waals surface area contributed by atoms with Crippen molar-refractivity contribution >= 4 is 23.9 Å². The number of aliphatic hydroxyl groups excluding tert-OH is 1. The Morgan fingerprint density at radius 2 is 2.17 bits per heavy atom. The Kier molecular flexibility index (Phi) is 5.31. The average molecular weight is 428 g/mol. The quantitative estimate of drug-likeness (QED) is 0.538. The van der Waals surface area contributed by atoms with Gasteiger partial charge >= 0.3 is 6.09 Å². The summed E-state index contributed by atoms with van der Waals surface area (Å²) in [5.74, 6) is 1.37. The molecule has 30 heavy (non-hydrogen) atoms. The first-order valence-corrected chi connectivity index (χ1v) is 10.1. The molecule has 0 saturated carbocycles. The number of amides is 1. The molecule has 3 heterocycles. The van der Waals surface area contributed by atoms with Crippen LogP contribution < -0.4 is 10.1 Å². The van der Waals surface area contributed by atoms with Crippen molar-refractivity contribution < 1.29 is 19.7 Å². The number of pyridine rings is 1. The number of nitrogens with one attached hydrogen (secondary N) is 1. The molecule has 3 N–H and O–H groups in total. The van der Waals surface area contributed by atoms with Crippen LogP contribution in [0.25, 0.3) is 11.3 Å². The second-order valence-electron chi connectivity index (χ2n) is 6.84. The summed E-state index contributed by atoms with van der Waals surface area (Å²) in [6.07, 6.45) is 0.501. The lowest BCUT2D eigenvalue weighted by molar-refractivity contribution is 0.200. The number of aryl methyl sites for hydroxylation is 1. The van der Waals surface area contributed by atoms with Gasteiger partial charge in [0.1, 0.15) is 18.0 Å². The van der Waals surface area contributed by atoms with Crippen molar-refractivity contribution in [1.29, 1.82) is 0 Å². The number of nitrogens with zero attached hydrogens (tertiary/aromatic N) is 5. The minimum absolute atomic E-state index is 0.133. The number of aromatic nitrogens is 4. The van der Waals surface area contributed by atoms with Gasteiger partial charge in [0.2, 0.25) is 0 Å². The van der Waals surface area contributed by atoms with Gasteiger partial charge in [0, 0.05) is 28.6 Å². The highest BCUT2D eigenvalue weighted by Crippen LogP contribution is 2.37. The predicted molar refractivity (Wildman–Crippen MR) is 111 cm³/mol. The first-order chi connectivity index (χ1) is 14.4. The van der Waals surface area contributed by atoms with Crippen molar-refractivity contribution in [3.8, 4) is 17.0 Å². The van der Waals surface area contributed by atoms with E-state index in [2.05, 4.69) is 24.9 Å². The Labute approximate surface area is 176 Å². The Balaban J connectivity index is 1.86. The van der Waals surface area contributed by atoms with Crippen LogP contribution in [-0.4, -0.2) is 49.2 Å². The molecule has 0 spiro atoms. The molecule has 4 rings (SSSR count). The van der Waals surface area contributed by atoms with Gasteiger partial charge < -0.3 is 14.9 Å². The van der Waals surface area contributed by atoms with Crippen molar-refractivity contribution in [2.45, 2.75) is 32.8 Å². The van der Waals surface area contributed by atoms with Gasteiger partial charge in [-0.2, -0.15) is 19.4 Å². The molecule has 1 aromatic heterocycles. The normalized spacial score (nSPS) is 13.1. The second kappa shape index (κ2) is 7.92. The molecule has 10 nitrogen and oxygen atoms in total. The van der Waals surface area contributed by atoms with Gasteiger partial charge in [-0.1, -0.05) is 0 Å². The Bertz CT molecular complexity index is 1140. The third kappa shape index (κ3) is 3.46. The first-order valence-electron chi connectivity index (χ1n) is 9.12. The maximum absolute atomic E-state index is 11.3. The molecule has 1 aliphatic carbocycles. The zero-order valence-electron chi connectivity index (χ0n) is 16.6. The summed E-state index contributed by atoms with van der Waals surface area (Å²) in [4.78, 5) is 17.2. The molecule has 2 aliphatic heterocycles. The van der Waals surface area contributed by atoms with Crippen LogP contribution in [0.5, 0.6) is 5.75 Å². The monoisotopic (exact) mass is 428 g/mol. The van der Waals surface area contributed by atoms with Gasteiger partial charge in [0.05, 0.1) is 25.1 Å². The van der Waals surface area contributed by atoms with Crippen molar-refractivity contribution in [1.82, 2.24) is 25.3 Å². The summed E-state index contributed by atoms with van der Waals surface area (Å²) < 4.78 is 9.75. The Hall–Kier alpha value is -3.18. The zero-order valence-corrected chi connectivity index (χ0v) is 17.4. The molecular weight excluding hydrogens is 408 g/mol. The number of carboxylic acid groups (broad SMARTS) is 1. The highest BCUT2D eigenvalue weighted by atomic mass is 32.2. The molecular formula is C19H20N6O4S. The summed E-state index contributed by atoms with van der Waals surface area (Å²) in [6, 6.07) is 1.80. The number of ether oxygens (including phenoxy) is 1. The average Bonchev–Trinajstić information content (AvgIpc) is 2.96. The lowest BCUT2D eigenvalue weighted by Crippen LogP contribution is -2.32. The zero-order chi connectivity index (χ0) is 21.4. The van der Waals surface area contributed by atoms with Crippen LogP contribution >= 0.6 is 11.9 Å². The highest BCUT2D eigenvalue weighted by molar-refractivity contribution is 7.97. The predicted octanol–water partition coefficient (Wildman–Crippen LogP) is 2.12. The van der Waals surface area contributed by atoms with Crippen LogP contribution in [0.1, 0.15) is 33.6 Å². The van der Waals surface area contributed by atoms with Crippen LogP contribution in [0, 0.1) is 13.8 Å². The van der Waals surface area contributed by atoms with Gasteiger partial charge in [0.25, 0.3) is 0 Å². The molecule has 0 aromatic carbocycles. The molecule has 0 radical (unpaired) electrons. The van der Waals surface area contributed by atoms with Crippen LogP contribution in [0.3, 0.4) is 0 Å². The lowest BCUT2D eigenvalue weighted by Gasteiger charge is -2.15. The first kappa shape index (κ1) is 20.1. The van der Waals surface area contributed by atoms with Crippen molar-refractivity contribution in [2.24, 2.45) is 4.40 Å². The fourth-order valence-electron chi connectivity index (χ4n) is 3.59. The second-order valence-corrected chi connectivity index (χ2v) is 7.56. The third-order valence-corrected chi connectivity index (χ3v) is 5.69. The molecule has 3 aliphatic rings. The van der Waals surface area contributed by atoms with E-state index < -0.39 is 6.09 Å². The molecule has 1 aromatic rings. The fourth-order valence-corrected chi connectivity index (χ4v) is 4.37. The number of aliphatic hydroxyl groups is 1. The van der Waals surface area contributed by atoms with E-state index in [1.807, 2.05) is 13.8 Å². The van der Waals surface area contributed by atoms with E-state index in [0.29, 0.717) is 22.7 Å². The molecule has 0 fully saturated rings. The topological polar surface area (TPSA) is 135 Å². The van der Waals surface area contributed by atoms with Crippen LogP contribution in [0.2, 0.25) is 0 Å². The molecule has 156 valence electrons. The fraction of sp³-hybridized carbons (Fsp3) is 0.316. The van der Waals surface area contributed by atoms with Gasteiger partial charge in [-0.3, -0.25) is 10.3 Å². The Morgan fingerprint density at radius 1 is 1.37 bits per heavy atom. The summed E-state index contributed by atoms with van der Waals surface area (Å²) >= 11 is 1.19. The molecule has 11 heteroatoms. The maximum Gasteiger partial charge on any atom is 0.410 e. The summed E-state index contributed by atoms with van der Waals surface area (Å²) in [7, 11) is 1.61. The van der Waals surface area contributed by atoms with E-state index in [1.54, 1.807) is 19.4 Å². The van der Waals surface area contributed by atoms with Gasteiger partial charge in [-0.25, -0.2) is 4.79 Å². The SMILES string of the molecule is COc1c(C)cnc(Cn2nc3cc(CO)c4c-3c(n2)C(NC(=O)O)=NSC4)c1C. The summed E-state index contributed by atoms with van der Waals surface area (Å²) in [6.45, 7) is 3.95. The van der Waals surface area contributed by atoms with Gasteiger partial charge in [-0.05, 0) is 43.0 Å². The van der Waals surface area contributed by atoms with E-state index in [0.717, 1.165) is 33.7 Å². The standard InChI is InChI=1S/C19H20N6O4S/c1-9-5-20-14(10(2)17(9)29-3)6-25-22-13-4-11(7-26)12-8-30-24-18(21-19(27)28)16(23-25)15(12)13/h4-5,26H,6-8H2,1-3H3,(H,21,24)(H,27,28). The number of hydrogen-bond acceptors (Lipinski definition) is 8. The van der Waals surface area contributed by atoms with E-state index in [1.165, 1.54) is 16.7 Å². The molecule has 1 amide bonds. The van der Waals surface area contributed by atoms with Crippen LogP contribution in [0.15, 0.2) is 16.7 Å². The van der Waals surface area contributed by atoms with Crippen molar-refractivity contribution in [3.05, 3.63) is 45.9 Å². The summed E-state index contributed by atoms with van der Waals surface area (Å²) in [5.41, 5.74) is 5.80. The number of methoxy groups -OCH3 is 1. The number of hydrogen-bond donors (Lipinski definition) is 3. The van der Waals surface area contributed by atoms with Gasteiger partial charge in [-0.15, -0.1) is 0 Å². The molecule has 0 atom stereocenters. The van der Waals surface area contributed by atoms with Crippen molar-refractivity contribution in [3.63, 3.8) is 0 Å². The van der Waals surface area contributed by atoms with Crippen LogP contribution in [0.4, 0.5) is 4.79 Å². The number of carbonyl (C=O) groups is 1. The minimum atomic E-state index is -1.23. The smallest absolute Gasteiger partial charge is 0.410 e. The van der Waals surface area contributed by atoms with E-state index >= 15 is 0 Å². The lowest BCUT2D eigenvalue weighted by atomic mass is 10.1. The summed E-state index contributed by atoms with van der Waals surface area (Å²) in [5, 5.41) is 30.5. The molecule has 0 saturated heterocycles. The van der Waals surface area contributed by atoms with Crippen LogP contribution in [-0.2, 0) is 18.9 Å². The minimum Gasteiger partial charge on any atom is -0.496 e. The Morgan fingerprint density at radius 3 is 2.87 bits per heavy atom. The van der Waals surface area contributed by atoms with E-state index in [4.69, 9.17) is 4.74 Å².